The number of halogens is 1. The van der Waals surface area contributed by atoms with Gasteiger partial charge in [-0.05, 0) is 30.4 Å². The highest BCUT2D eigenvalue weighted by Gasteiger charge is 2.12. The van der Waals surface area contributed by atoms with Gasteiger partial charge in [0.15, 0.2) is 17.3 Å². The molecule has 0 fully saturated rings. The van der Waals surface area contributed by atoms with Gasteiger partial charge in [-0.3, -0.25) is 4.79 Å². The summed E-state index contributed by atoms with van der Waals surface area (Å²) in [6.07, 6.45) is 2.39. The Hall–Kier alpha value is -3.02. The second kappa shape index (κ2) is 6.83. The Morgan fingerprint density at radius 3 is 2.43 bits per heavy atom. The summed E-state index contributed by atoms with van der Waals surface area (Å²) in [5.41, 5.74) is 0.258. The van der Waals surface area contributed by atoms with Crippen LogP contribution in [0.15, 0.2) is 36.4 Å². The maximum absolute atomic E-state index is 13.9. The van der Waals surface area contributed by atoms with Gasteiger partial charge in [0.05, 0.1) is 19.8 Å². The fraction of sp³-hybridized carbons (Fsp3) is 0.118. The topological polar surface area (TPSA) is 76.0 Å². The maximum Gasteiger partial charge on any atom is 0.189 e. The molecule has 0 saturated heterocycles. The van der Waals surface area contributed by atoms with Crippen molar-refractivity contribution in [2.24, 2.45) is 0 Å². The average molecular weight is 318 g/mol. The third kappa shape index (κ3) is 3.60. The lowest BCUT2D eigenvalue weighted by molar-refractivity contribution is 0.104. The van der Waals surface area contributed by atoms with Crippen LogP contribution in [0.3, 0.4) is 0 Å². The fourth-order valence-corrected chi connectivity index (χ4v) is 1.99. The van der Waals surface area contributed by atoms with Crippen LogP contribution in [-0.4, -0.2) is 30.2 Å². The van der Waals surface area contributed by atoms with Crippen LogP contribution in [0.25, 0.3) is 6.08 Å². The molecule has 0 aliphatic rings. The van der Waals surface area contributed by atoms with Crippen molar-refractivity contribution in [3.8, 4) is 23.0 Å². The zero-order valence-electron chi connectivity index (χ0n) is 12.5. The molecule has 0 bridgehead atoms. The van der Waals surface area contributed by atoms with E-state index in [-0.39, 0.29) is 34.1 Å². The summed E-state index contributed by atoms with van der Waals surface area (Å²) >= 11 is 0. The third-order valence-corrected chi connectivity index (χ3v) is 3.16. The Bertz CT molecular complexity index is 768. The van der Waals surface area contributed by atoms with Crippen LogP contribution in [0.2, 0.25) is 0 Å². The summed E-state index contributed by atoms with van der Waals surface area (Å²) in [4.78, 5) is 12.2. The van der Waals surface area contributed by atoms with Crippen LogP contribution in [0.4, 0.5) is 4.39 Å². The minimum absolute atomic E-state index is 0.00572. The van der Waals surface area contributed by atoms with Crippen molar-refractivity contribution in [3.05, 3.63) is 53.4 Å². The van der Waals surface area contributed by atoms with Gasteiger partial charge in [0.2, 0.25) is 0 Å². The second-order valence-electron chi connectivity index (χ2n) is 4.63. The van der Waals surface area contributed by atoms with E-state index in [0.717, 1.165) is 18.2 Å². The number of allylic oxidation sites excluding steroid dienone is 1. The predicted octanol–water partition coefficient (Wildman–Crippen LogP) is 3.15. The molecule has 2 rings (SSSR count). The van der Waals surface area contributed by atoms with Gasteiger partial charge in [-0.2, -0.15) is 0 Å². The summed E-state index contributed by atoms with van der Waals surface area (Å²) in [6, 6.07) is 6.25. The molecule has 0 amide bonds. The third-order valence-electron chi connectivity index (χ3n) is 3.16. The monoisotopic (exact) mass is 318 g/mol. The molecule has 5 nitrogen and oxygen atoms in total. The molecule has 0 heterocycles. The van der Waals surface area contributed by atoms with Crippen LogP contribution < -0.4 is 9.47 Å². The van der Waals surface area contributed by atoms with Crippen LogP contribution in [0, 0.1) is 5.82 Å². The maximum atomic E-state index is 13.9. The van der Waals surface area contributed by atoms with Gasteiger partial charge in [0.1, 0.15) is 17.3 Å². The van der Waals surface area contributed by atoms with Crippen molar-refractivity contribution in [1.29, 1.82) is 0 Å². The molecule has 0 aliphatic heterocycles. The molecule has 2 aromatic carbocycles. The molecule has 2 N–H and O–H groups in total. The fourth-order valence-electron chi connectivity index (χ4n) is 1.99. The average Bonchev–Trinajstić information content (AvgIpc) is 2.54. The van der Waals surface area contributed by atoms with Crippen molar-refractivity contribution in [2.45, 2.75) is 0 Å². The Kier molecular flexibility index (Phi) is 4.85. The number of phenolic OH excluding ortho intramolecular Hbond substituents is 2. The molecule has 120 valence electrons. The largest absolute Gasteiger partial charge is 0.508 e. The van der Waals surface area contributed by atoms with E-state index in [1.165, 1.54) is 38.5 Å². The number of methoxy groups -OCH3 is 2. The SMILES string of the molecule is COc1cc(F)c(C=CC(=O)c2ccc(O)cc2OC)cc1O. The Labute approximate surface area is 132 Å². The standard InChI is InChI=1S/C17H15FO5/c1-22-16-8-11(19)4-5-12(16)14(20)6-3-10-7-15(21)17(23-2)9-13(10)18/h3-9,19,21H,1-2H3. The van der Waals surface area contributed by atoms with E-state index in [4.69, 9.17) is 9.47 Å². The van der Waals surface area contributed by atoms with Crippen molar-refractivity contribution in [2.75, 3.05) is 14.2 Å². The van der Waals surface area contributed by atoms with Crippen molar-refractivity contribution < 1.29 is 28.9 Å². The number of ether oxygens (including phenoxy) is 2. The van der Waals surface area contributed by atoms with E-state index in [1.807, 2.05) is 0 Å². The lowest BCUT2D eigenvalue weighted by Crippen LogP contribution is -1.98. The zero-order chi connectivity index (χ0) is 17.0. The van der Waals surface area contributed by atoms with Gasteiger partial charge in [0.25, 0.3) is 0 Å². The smallest absolute Gasteiger partial charge is 0.189 e. The van der Waals surface area contributed by atoms with E-state index >= 15 is 0 Å². The number of hydrogen-bond donors (Lipinski definition) is 2. The van der Waals surface area contributed by atoms with Gasteiger partial charge < -0.3 is 19.7 Å². The first-order chi connectivity index (χ1) is 11.0. The van der Waals surface area contributed by atoms with E-state index < -0.39 is 11.6 Å². The highest BCUT2D eigenvalue weighted by Crippen LogP contribution is 2.29. The van der Waals surface area contributed by atoms with E-state index in [9.17, 15) is 19.4 Å². The van der Waals surface area contributed by atoms with Crippen molar-refractivity contribution in [1.82, 2.24) is 0 Å². The highest BCUT2D eigenvalue weighted by molar-refractivity contribution is 6.08. The Morgan fingerprint density at radius 1 is 1.09 bits per heavy atom. The van der Waals surface area contributed by atoms with Gasteiger partial charge in [-0.15, -0.1) is 0 Å². The minimum Gasteiger partial charge on any atom is -0.508 e. The van der Waals surface area contributed by atoms with Gasteiger partial charge >= 0.3 is 0 Å². The quantitative estimate of drug-likeness (QED) is 0.654. The van der Waals surface area contributed by atoms with Crippen LogP contribution in [0.5, 0.6) is 23.0 Å². The molecule has 0 aliphatic carbocycles. The summed E-state index contributed by atoms with van der Waals surface area (Å²) in [6.45, 7) is 0. The van der Waals surface area contributed by atoms with E-state index in [2.05, 4.69) is 0 Å². The number of carbonyl (C=O) groups is 1. The molecule has 6 heteroatoms. The van der Waals surface area contributed by atoms with Crippen LogP contribution >= 0.6 is 0 Å². The summed E-state index contributed by atoms with van der Waals surface area (Å²) in [5.74, 6) is -1.13. The molecule has 23 heavy (non-hydrogen) atoms. The molecular formula is C17H15FO5. The first-order valence-electron chi connectivity index (χ1n) is 6.62. The lowest BCUT2D eigenvalue weighted by atomic mass is 10.1. The Morgan fingerprint density at radius 2 is 1.78 bits per heavy atom. The number of phenols is 2. The normalized spacial score (nSPS) is 10.7. The number of rotatable bonds is 5. The summed E-state index contributed by atoms with van der Waals surface area (Å²) < 4.78 is 23.7. The van der Waals surface area contributed by atoms with Crippen LogP contribution in [0.1, 0.15) is 15.9 Å². The lowest BCUT2D eigenvalue weighted by Gasteiger charge is -2.06. The molecule has 0 atom stereocenters. The Balaban J connectivity index is 2.30. The molecule has 0 aromatic heterocycles. The number of ketones is 1. The number of carbonyl (C=O) groups excluding carboxylic acids is 1. The number of benzene rings is 2. The minimum atomic E-state index is -0.638. The van der Waals surface area contributed by atoms with Gasteiger partial charge in [-0.25, -0.2) is 4.39 Å². The molecular weight excluding hydrogens is 303 g/mol. The molecule has 0 radical (unpaired) electrons. The van der Waals surface area contributed by atoms with Crippen LogP contribution in [-0.2, 0) is 0 Å². The first-order valence-corrected chi connectivity index (χ1v) is 6.62. The van der Waals surface area contributed by atoms with Crippen molar-refractivity contribution >= 4 is 11.9 Å². The van der Waals surface area contributed by atoms with E-state index in [1.54, 1.807) is 0 Å². The first kappa shape index (κ1) is 16.4. The predicted molar refractivity (Wildman–Crippen MR) is 82.6 cm³/mol. The van der Waals surface area contributed by atoms with Crippen molar-refractivity contribution in [3.63, 3.8) is 0 Å². The molecule has 0 spiro atoms. The van der Waals surface area contributed by atoms with E-state index in [0.29, 0.717) is 0 Å². The zero-order valence-corrected chi connectivity index (χ0v) is 12.5. The van der Waals surface area contributed by atoms with Gasteiger partial charge in [-0.1, -0.05) is 0 Å². The summed E-state index contributed by atoms with van der Waals surface area (Å²) in [5, 5.41) is 19.0. The number of hydrogen-bond acceptors (Lipinski definition) is 5. The number of aromatic hydroxyl groups is 2. The molecule has 0 saturated carbocycles. The highest BCUT2D eigenvalue weighted by atomic mass is 19.1. The van der Waals surface area contributed by atoms with Gasteiger partial charge in [0, 0.05) is 17.7 Å². The summed E-state index contributed by atoms with van der Waals surface area (Å²) in [7, 11) is 2.68. The molecule has 0 unspecified atom stereocenters. The second-order valence-corrected chi connectivity index (χ2v) is 4.63. The molecule has 2 aromatic rings.